The summed E-state index contributed by atoms with van der Waals surface area (Å²) in [6.45, 7) is 4.10. The van der Waals surface area contributed by atoms with Crippen molar-refractivity contribution < 1.29 is 47.7 Å². The number of ether oxygens (including phenoxy) is 5. The van der Waals surface area contributed by atoms with Crippen molar-refractivity contribution in [1.82, 2.24) is 4.90 Å². The van der Waals surface area contributed by atoms with Crippen molar-refractivity contribution in [3.05, 3.63) is 53.0 Å². The van der Waals surface area contributed by atoms with E-state index in [1.54, 1.807) is 18.2 Å². The predicted octanol–water partition coefficient (Wildman–Crippen LogP) is 2.53. The molecule has 0 spiro atoms. The third-order valence-corrected chi connectivity index (χ3v) is 6.73. The van der Waals surface area contributed by atoms with Crippen LogP contribution < -0.4 is 0 Å². The normalized spacial score (nSPS) is 26.0. The highest BCUT2D eigenvalue weighted by atomic mass is 32.2. The quantitative estimate of drug-likeness (QED) is 0.194. The number of rotatable bonds is 8. The molecule has 0 aromatic heterocycles. The smallest absolute Gasteiger partial charge is 0.303 e. The highest BCUT2D eigenvalue weighted by Gasteiger charge is 2.56. The number of esters is 4. The fraction of sp³-hybridized carbons (Fsp3) is 0.385. The number of benzene rings is 1. The molecule has 11 nitrogen and oxygen atoms in total. The van der Waals surface area contributed by atoms with Gasteiger partial charge in [-0.25, -0.2) is 0 Å². The summed E-state index contributed by atoms with van der Waals surface area (Å²) >= 11 is 6.46. The Kier molecular flexibility index (Phi) is 10.4. The van der Waals surface area contributed by atoms with E-state index in [1.165, 1.54) is 6.92 Å². The lowest BCUT2D eigenvalue weighted by atomic mass is 9.96. The van der Waals surface area contributed by atoms with Crippen molar-refractivity contribution in [3.8, 4) is 0 Å². The van der Waals surface area contributed by atoms with Crippen molar-refractivity contribution in [1.29, 1.82) is 0 Å². The standard InChI is InChI=1S/C26H27NO10S2/c1-14(28)33-13-19-21(34-15(2)29)22(35-16(3)30)23(36-17(4)31)25(37-19)27-24(32)20(39-26(27)38)12-8-11-18-9-6-5-7-10-18/h5-12,19,21-23,25H,13H2,1-4H3/b11-8+,20-12+. The average Bonchev–Trinajstić information content (AvgIpc) is 3.13. The minimum absolute atomic E-state index is 0.0836. The first-order valence-corrected chi connectivity index (χ1v) is 13.0. The van der Waals surface area contributed by atoms with Crippen molar-refractivity contribution in [2.75, 3.05) is 6.61 Å². The maximum Gasteiger partial charge on any atom is 0.303 e. The van der Waals surface area contributed by atoms with Crippen LogP contribution in [-0.2, 0) is 47.7 Å². The molecule has 2 heterocycles. The summed E-state index contributed by atoms with van der Waals surface area (Å²) in [5.41, 5.74) is 0.920. The number of hydrogen-bond acceptors (Lipinski definition) is 12. The van der Waals surface area contributed by atoms with Crippen LogP contribution in [0.5, 0.6) is 0 Å². The molecule has 2 saturated heterocycles. The molecule has 0 saturated carbocycles. The number of allylic oxidation sites excluding steroid dienone is 2. The van der Waals surface area contributed by atoms with Crippen molar-refractivity contribution in [3.63, 3.8) is 0 Å². The summed E-state index contributed by atoms with van der Waals surface area (Å²) < 4.78 is 27.5. The molecule has 0 radical (unpaired) electrons. The lowest BCUT2D eigenvalue weighted by Gasteiger charge is -2.46. The van der Waals surface area contributed by atoms with Crippen LogP contribution in [0.3, 0.4) is 0 Å². The van der Waals surface area contributed by atoms with E-state index in [4.69, 9.17) is 35.9 Å². The van der Waals surface area contributed by atoms with E-state index in [-0.39, 0.29) is 9.23 Å². The molecular formula is C26H27NO10S2. The maximum atomic E-state index is 13.5. The first-order valence-electron chi connectivity index (χ1n) is 11.8. The van der Waals surface area contributed by atoms with Gasteiger partial charge in [0.1, 0.15) is 12.7 Å². The number of carbonyl (C=O) groups excluding carboxylic acids is 5. The van der Waals surface area contributed by atoms with E-state index in [1.807, 2.05) is 30.3 Å². The number of carbonyl (C=O) groups is 5. The number of thiocarbonyl (C=S) groups is 1. The Morgan fingerprint density at radius 3 is 2.10 bits per heavy atom. The molecule has 2 aliphatic rings. The zero-order valence-corrected chi connectivity index (χ0v) is 23.2. The zero-order chi connectivity index (χ0) is 28.7. The molecule has 1 aromatic carbocycles. The third kappa shape index (κ3) is 7.97. The highest BCUT2D eigenvalue weighted by Crippen LogP contribution is 2.38. The van der Waals surface area contributed by atoms with Crippen LogP contribution in [0.1, 0.15) is 33.3 Å². The average molecular weight is 578 g/mol. The molecule has 5 atom stereocenters. The molecule has 1 amide bonds. The molecule has 39 heavy (non-hydrogen) atoms. The van der Waals surface area contributed by atoms with Gasteiger partial charge in [-0.2, -0.15) is 0 Å². The first-order chi connectivity index (χ1) is 18.5. The summed E-state index contributed by atoms with van der Waals surface area (Å²) in [5, 5.41) is 0. The molecular weight excluding hydrogens is 550 g/mol. The Labute approximate surface area is 234 Å². The SMILES string of the molecule is CC(=O)OCC1OC(N2C(=O)/C(=C\C=C\c3ccccc3)SC2=S)C(OC(C)=O)C(OC(C)=O)C1OC(C)=O. The van der Waals surface area contributed by atoms with Gasteiger partial charge in [0.15, 0.2) is 28.9 Å². The van der Waals surface area contributed by atoms with Crippen LogP contribution in [0.25, 0.3) is 6.08 Å². The van der Waals surface area contributed by atoms with Gasteiger partial charge < -0.3 is 23.7 Å². The van der Waals surface area contributed by atoms with Crippen LogP contribution in [0, 0.1) is 0 Å². The first kappa shape index (κ1) is 30.0. The summed E-state index contributed by atoms with van der Waals surface area (Å²) in [6, 6.07) is 9.43. The Bertz CT molecular complexity index is 1200. The molecule has 13 heteroatoms. The largest absolute Gasteiger partial charge is 0.463 e. The third-order valence-electron chi connectivity index (χ3n) is 5.38. The van der Waals surface area contributed by atoms with Gasteiger partial charge in [0.2, 0.25) is 0 Å². The lowest BCUT2D eigenvalue weighted by Crippen LogP contribution is -2.66. The van der Waals surface area contributed by atoms with Gasteiger partial charge in [-0.05, 0) is 11.6 Å². The monoisotopic (exact) mass is 577 g/mol. The Morgan fingerprint density at radius 1 is 0.923 bits per heavy atom. The Morgan fingerprint density at radius 2 is 1.51 bits per heavy atom. The molecule has 5 unspecified atom stereocenters. The second kappa shape index (κ2) is 13.5. The maximum absolute atomic E-state index is 13.5. The Hall–Kier alpha value is -3.55. The van der Waals surface area contributed by atoms with Gasteiger partial charge in [0, 0.05) is 27.7 Å². The van der Waals surface area contributed by atoms with E-state index >= 15 is 0 Å². The van der Waals surface area contributed by atoms with Crippen LogP contribution in [-0.4, -0.2) is 76.3 Å². The van der Waals surface area contributed by atoms with Crippen molar-refractivity contribution in [2.45, 2.75) is 58.3 Å². The van der Waals surface area contributed by atoms with Crippen molar-refractivity contribution in [2.24, 2.45) is 0 Å². The van der Waals surface area contributed by atoms with Crippen LogP contribution >= 0.6 is 24.0 Å². The lowest BCUT2D eigenvalue weighted by molar-refractivity contribution is -0.268. The fourth-order valence-corrected chi connectivity index (χ4v) is 5.20. The van der Waals surface area contributed by atoms with Crippen LogP contribution in [0.2, 0.25) is 0 Å². The minimum atomic E-state index is -1.44. The number of amides is 1. The molecule has 0 N–H and O–H groups in total. The molecule has 0 bridgehead atoms. The number of thioether (sulfide) groups is 1. The second-order valence-electron chi connectivity index (χ2n) is 8.43. The number of nitrogens with zero attached hydrogens (tertiary/aromatic N) is 1. The molecule has 1 aromatic rings. The van der Waals surface area contributed by atoms with Gasteiger partial charge in [0.05, 0.1) is 4.91 Å². The van der Waals surface area contributed by atoms with E-state index in [9.17, 15) is 24.0 Å². The topological polar surface area (TPSA) is 135 Å². The summed E-state index contributed by atoms with van der Waals surface area (Å²) in [5.74, 6) is -3.52. The van der Waals surface area contributed by atoms with Gasteiger partial charge in [-0.1, -0.05) is 66.5 Å². The summed E-state index contributed by atoms with van der Waals surface area (Å²) in [4.78, 5) is 62.4. The highest BCUT2D eigenvalue weighted by molar-refractivity contribution is 8.26. The minimum Gasteiger partial charge on any atom is -0.463 e. The summed E-state index contributed by atoms with van der Waals surface area (Å²) in [7, 11) is 0. The zero-order valence-electron chi connectivity index (χ0n) is 21.6. The van der Waals surface area contributed by atoms with Gasteiger partial charge in [-0.15, -0.1) is 0 Å². The molecule has 2 fully saturated rings. The molecule has 2 aliphatic heterocycles. The van der Waals surface area contributed by atoms with E-state index < -0.39 is 67.0 Å². The van der Waals surface area contributed by atoms with Crippen molar-refractivity contribution >= 4 is 64.2 Å². The van der Waals surface area contributed by atoms with Crippen LogP contribution in [0.15, 0.2) is 47.4 Å². The van der Waals surface area contributed by atoms with Gasteiger partial charge in [0.25, 0.3) is 5.91 Å². The van der Waals surface area contributed by atoms with E-state index in [0.717, 1.165) is 43.0 Å². The second-order valence-corrected chi connectivity index (χ2v) is 10.1. The Balaban J connectivity index is 1.99. The van der Waals surface area contributed by atoms with E-state index in [0.29, 0.717) is 0 Å². The van der Waals surface area contributed by atoms with Gasteiger partial charge >= 0.3 is 23.9 Å². The van der Waals surface area contributed by atoms with E-state index in [2.05, 4.69) is 0 Å². The molecule has 3 rings (SSSR count). The summed E-state index contributed by atoms with van der Waals surface area (Å²) in [6.07, 6.45) is -1.72. The fourth-order valence-electron chi connectivity index (χ4n) is 3.94. The van der Waals surface area contributed by atoms with Gasteiger partial charge in [-0.3, -0.25) is 28.9 Å². The molecule has 0 aliphatic carbocycles. The predicted molar refractivity (Wildman–Crippen MR) is 143 cm³/mol. The van der Waals surface area contributed by atoms with Crippen LogP contribution in [0.4, 0.5) is 0 Å². The number of hydrogen-bond donors (Lipinski definition) is 0. The molecule has 208 valence electrons.